The van der Waals surface area contributed by atoms with E-state index >= 15 is 0 Å². The molecule has 0 radical (unpaired) electrons. The molecule has 0 aromatic rings. The highest BCUT2D eigenvalue weighted by Crippen LogP contribution is 2.67. The zero-order chi connectivity index (χ0) is 30.4. The summed E-state index contributed by atoms with van der Waals surface area (Å²) >= 11 is 0. The molecule has 0 amide bonds. The topological polar surface area (TPSA) is 126 Å². The summed E-state index contributed by atoms with van der Waals surface area (Å²) in [6.07, 6.45) is 9.07. The van der Waals surface area contributed by atoms with E-state index in [1.807, 2.05) is 13.8 Å². The number of allylic oxidation sites excluding steroid dienone is 1. The van der Waals surface area contributed by atoms with E-state index in [9.17, 15) is 25.2 Å². The molecule has 1 saturated heterocycles. The number of aliphatic hydroxyl groups is 4. The van der Waals surface area contributed by atoms with E-state index in [0.717, 1.165) is 44.9 Å². The van der Waals surface area contributed by atoms with Gasteiger partial charge in [-0.3, -0.25) is 4.79 Å². The lowest BCUT2D eigenvalue weighted by Gasteiger charge is -2.59. The first-order valence-corrected chi connectivity index (χ1v) is 16.6. The van der Waals surface area contributed by atoms with E-state index in [0.29, 0.717) is 41.4 Å². The van der Waals surface area contributed by atoms with Gasteiger partial charge in [0.2, 0.25) is 0 Å². The molecule has 4 fully saturated rings. The SMILES string of the molecule is CC(=O)OC(C)(C)CCCC(C)C1CCC2C3CC=C4CC(OC5OCC(O)C(O)C5O)CCC4(CO)C3CCC12C. The summed E-state index contributed by atoms with van der Waals surface area (Å²) < 4.78 is 17.2. The van der Waals surface area contributed by atoms with Crippen LogP contribution >= 0.6 is 0 Å². The first kappa shape index (κ1) is 32.4. The van der Waals surface area contributed by atoms with Crippen molar-refractivity contribution in [1.82, 2.24) is 0 Å². The van der Waals surface area contributed by atoms with Crippen LogP contribution in [0.2, 0.25) is 0 Å². The molecule has 0 aromatic heterocycles. The Labute approximate surface area is 252 Å². The Bertz CT molecular complexity index is 996. The van der Waals surface area contributed by atoms with Crippen molar-refractivity contribution in [1.29, 1.82) is 0 Å². The maximum Gasteiger partial charge on any atom is 0.303 e. The smallest absolute Gasteiger partial charge is 0.303 e. The van der Waals surface area contributed by atoms with Crippen LogP contribution in [-0.4, -0.2) is 75.9 Å². The minimum atomic E-state index is -1.28. The maximum absolute atomic E-state index is 11.5. The zero-order valence-electron chi connectivity index (χ0n) is 26.5. The molecule has 4 N–H and O–H groups in total. The van der Waals surface area contributed by atoms with Crippen molar-refractivity contribution in [2.45, 2.75) is 142 Å². The third-order valence-electron chi connectivity index (χ3n) is 12.5. The normalized spacial score (nSPS) is 44.4. The molecule has 1 aliphatic heterocycles. The largest absolute Gasteiger partial charge is 0.460 e. The Hall–Kier alpha value is -1.03. The van der Waals surface area contributed by atoms with Crippen LogP contribution in [0.4, 0.5) is 0 Å². The fourth-order valence-corrected chi connectivity index (χ4v) is 10.4. The number of carbonyl (C=O) groups is 1. The fourth-order valence-electron chi connectivity index (χ4n) is 10.4. The summed E-state index contributed by atoms with van der Waals surface area (Å²) in [5.74, 6) is 2.88. The van der Waals surface area contributed by atoms with Crippen molar-refractivity contribution in [2.75, 3.05) is 13.2 Å². The van der Waals surface area contributed by atoms with Gasteiger partial charge in [-0.15, -0.1) is 0 Å². The van der Waals surface area contributed by atoms with Gasteiger partial charge in [-0.2, -0.15) is 0 Å². The van der Waals surface area contributed by atoms with Crippen LogP contribution in [0.25, 0.3) is 0 Å². The summed E-state index contributed by atoms with van der Waals surface area (Å²) in [5.41, 5.74) is 1.02. The molecular formula is C34H56O8. The van der Waals surface area contributed by atoms with Crippen LogP contribution in [0.5, 0.6) is 0 Å². The maximum atomic E-state index is 11.5. The molecule has 8 heteroatoms. The number of aliphatic hydroxyl groups excluding tert-OH is 4. The number of hydrogen-bond donors (Lipinski definition) is 4. The van der Waals surface area contributed by atoms with Crippen molar-refractivity contribution < 1.29 is 39.4 Å². The van der Waals surface area contributed by atoms with Gasteiger partial charge in [-0.05, 0) is 113 Å². The van der Waals surface area contributed by atoms with E-state index < -0.39 is 30.2 Å². The van der Waals surface area contributed by atoms with Gasteiger partial charge in [-0.25, -0.2) is 0 Å². The Morgan fingerprint density at radius 1 is 1.12 bits per heavy atom. The van der Waals surface area contributed by atoms with Crippen LogP contribution in [0.1, 0.15) is 105 Å². The van der Waals surface area contributed by atoms with Gasteiger partial charge in [0.05, 0.1) is 19.3 Å². The quantitative estimate of drug-likeness (QED) is 0.228. The lowest BCUT2D eigenvalue weighted by molar-refractivity contribution is -0.285. The zero-order valence-corrected chi connectivity index (χ0v) is 26.5. The molecule has 8 nitrogen and oxygen atoms in total. The van der Waals surface area contributed by atoms with Crippen molar-refractivity contribution in [3.05, 3.63) is 11.6 Å². The Morgan fingerprint density at radius 3 is 2.60 bits per heavy atom. The molecule has 42 heavy (non-hydrogen) atoms. The fraction of sp³-hybridized carbons (Fsp3) is 0.912. The standard InChI is InChI=1S/C34H56O8/c1-20(7-6-14-32(3,4)42-21(2)36)25-10-11-26-24-9-8-22-17-23(41-31-30(39)29(38)28(37)18-40-31)12-16-34(22,19-35)27(24)13-15-33(25,26)5/h8,20,23-31,35,37-39H,6-7,9-19H2,1-5H3. The van der Waals surface area contributed by atoms with E-state index in [4.69, 9.17) is 14.2 Å². The van der Waals surface area contributed by atoms with Gasteiger partial charge >= 0.3 is 5.97 Å². The number of rotatable bonds is 9. The van der Waals surface area contributed by atoms with Crippen LogP contribution < -0.4 is 0 Å². The highest BCUT2D eigenvalue weighted by molar-refractivity contribution is 5.66. The van der Waals surface area contributed by atoms with Gasteiger partial charge in [0.25, 0.3) is 0 Å². The van der Waals surface area contributed by atoms with Crippen molar-refractivity contribution in [2.24, 2.45) is 40.4 Å². The lowest BCUT2D eigenvalue weighted by Crippen LogP contribution is -2.56. The van der Waals surface area contributed by atoms with E-state index in [1.54, 1.807) is 0 Å². The number of ether oxygens (including phenoxy) is 3. The lowest BCUT2D eigenvalue weighted by atomic mass is 9.46. The van der Waals surface area contributed by atoms with Crippen LogP contribution in [0, 0.1) is 40.4 Å². The number of hydrogen-bond acceptors (Lipinski definition) is 8. The second-order valence-corrected chi connectivity index (χ2v) is 15.4. The van der Waals surface area contributed by atoms with Crippen molar-refractivity contribution in [3.8, 4) is 0 Å². The van der Waals surface area contributed by atoms with E-state index in [1.165, 1.54) is 31.8 Å². The second-order valence-electron chi connectivity index (χ2n) is 15.4. The average Bonchev–Trinajstić information content (AvgIpc) is 3.29. The molecular weight excluding hydrogens is 536 g/mol. The van der Waals surface area contributed by atoms with Gasteiger partial charge in [0.1, 0.15) is 23.9 Å². The molecule has 4 aliphatic carbocycles. The minimum absolute atomic E-state index is 0.0608. The predicted octanol–water partition coefficient (Wildman–Crippen LogP) is 4.51. The average molecular weight is 593 g/mol. The van der Waals surface area contributed by atoms with Gasteiger partial charge in [0, 0.05) is 12.3 Å². The second kappa shape index (κ2) is 12.4. The summed E-state index contributed by atoms with van der Waals surface area (Å²) in [4.78, 5) is 11.5. The molecule has 5 rings (SSSR count). The first-order valence-electron chi connectivity index (χ1n) is 16.6. The van der Waals surface area contributed by atoms with E-state index in [-0.39, 0.29) is 30.7 Å². The summed E-state index contributed by atoms with van der Waals surface area (Å²) in [5, 5.41) is 41.2. The predicted molar refractivity (Wildman–Crippen MR) is 158 cm³/mol. The first-order chi connectivity index (χ1) is 19.8. The number of fused-ring (bicyclic) bond motifs is 5. The van der Waals surface area contributed by atoms with E-state index in [2.05, 4.69) is 19.9 Å². The number of carbonyl (C=O) groups excluding carboxylic acids is 1. The third kappa shape index (κ3) is 5.97. The Morgan fingerprint density at radius 2 is 1.88 bits per heavy atom. The Kier molecular flexibility index (Phi) is 9.55. The highest BCUT2D eigenvalue weighted by Gasteiger charge is 2.60. The van der Waals surface area contributed by atoms with Crippen molar-refractivity contribution in [3.63, 3.8) is 0 Å². The third-order valence-corrected chi connectivity index (χ3v) is 12.5. The van der Waals surface area contributed by atoms with Gasteiger partial charge in [0.15, 0.2) is 6.29 Å². The van der Waals surface area contributed by atoms with Crippen LogP contribution in [0.15, 0.2) is 11.6 Å². The summed E-state index contributed by atoms with van der Waals surface area (Å²) in [7, 11) is 0. The molecule has 0 bridgehead atoms. The van der Waals surface area contributed by atoms with Crippen molar-refractivity contribution >= 4 is 5.97 Å². The van der Waals surface area contributed by atoms with Crippen LogP contribution in [0.3, 0.4) is 0 Å². The van der Waals surface area contributed by atoms with Gasteiger partial charge in [-0.1, -0.05) is 31.9 Å². The molecule has 12 unspecified atom stereocenters. The van der Waals surface area contributed by atoms with Gasteiger partial charge < -0.3 is 34.6 Å². The highest BCUT2D eigenvalue weighted by atomic mass is 16.7. The summed E-state index contributed by atoms with van der Waals surface area (Å²) in [6.45, 7) is 10.6. The summed E-state index contributed by atoms with van der Waals surface area (Å²) in [6, 6.07) is 0. The molecule has 5 aliphatic rings. The monoisotopic (exact) mass is 592 g/mol. The van der Waals surface area contributed by atoms with Crippen LogP contribution in [-0.2, 0) is 19.0 Å². The molecule has 3 saturated carbocycles. The molecule has 1 heterocycles. The minimum Gasteiger partial charge on any atom is -0.460 e. The Balaban J connectivity index is 1.23. The molecule has 240 valence electrons. The molecule has 0 spiro atoms. The molecule has 12 atom stereocenters. The number of esters is 1. The molecule has 0 aromatic carbocycles.